The molecule has 0 aromatic carbocycles. The molecular formula is C16H31NO. The van der Waals surface area contributed by atoms with Crippen LogP contribution in [0.3, 0.4) is 0 Å². The minimum atomic E-state index is 0.314. The van der Waals surface area contributed by atoms with Crippen molar-refractivity contribution in [3.8, 4) is 0 Å². The molecule has 2 fully saturated rings. The van der Waals surface area contributed by atoms with E-state index in [2.05, 4.69) is 33.0 Å². The van der Waals surface area contributed by atoms with E-state index in [9.17, 15) is 0 Å². The van der Waals surface area contributed by atoms with Gasteiger partial charge < -0.3 is 10.1 Å². The fourth-order valence-corrected chi connectivity index (χ4v) is 2.90. The van der Waals surface area contributed by atoms with Gasteiger partial charge in [0.05, 0.1) is 6.10 Å². The maximum absolute atomic E-state index is 6.00. The van der Waals surface area contributed by atoms with Crippen molar-refractivity contribution < 1.29 is 4.74 Å². The van der Waals surface area contributed by atoms with Crippen molar-refractivity contribution in [2.45, 2.75) is 71.9 Å². The van der Waals surface area contributed by atoms with Gasteiger partial charge in [0.25, 0.3) is 0 Å². The molecule has 2 saturated carbocycles. The highest BCUT2D eigenvalue weighted by atomic mass is 16.5. The summed E-state index contributed by atoms with van der Waals surface area (Å²) in [4.78, 5) is 0. The molecule has 0 aromatic heterocycles. The topological polar surface area (TPSA) is 21.3 Å². The van der Waals surface area contributed by atoms with Crippen LogP contribution < -0.4 is 5.32 Å². The Morgan fingerprint density at radius 1 is 1.28 bits per heavy atom. The summed E-state index contributed by atoms with van der Waals surface area (Å²) in [5.41, 5.74) is 0.314. The van der Waals surface area contributed by atoms with Crippen LogP contribution in [-0.4, -0.2) is 25.3 Å². The third-order valence-corrected chi connectivity index (χ3v) is 4.69. The Bertz CT molecular complexity index is 256. The SMILES string of the molecule is CC(C)COC1CC(NCCCC2CC2)C1(C)C. The molecule has 0 amide bonds. The quantitative estimate of drug-likeness (QED) is 0.667. The molecule has 18 heavy (non-hydrogen) atoms. The fourth-order valence-electron chi connectivity index (χ4n) is 2.90. The van der Waals surface area contributed by atoms with Crippen LogP contribution in [-0.2, 0) is 4.74 Å². The van der Waals surface area contributed by atoms with Crippen LogP contribution in [0.15, 0.2) is 0 Å². The first-order valence-electron chi connectivity index (χ1n) is 7.85. The molecule has 0 spiro atoms. The van der Waals surface area contributed by atoms with Crippen LogP contribution >= 0.6 is 0 Å². The van der Waals surface area contributed by atoms with Crippen molar-refractivity contribution in [2.75, 3.05) is 13.2 Å². The van der Waals surface area contributed by atoms with E-state index < -0.39 is 0 Å². The molecule has 2 aliphatic rings. The van der Waals surface area contributed by atoms with Crippen molar-refractivity contribution >= 4 is 0 Å². The van der Waals surface area contributed by atoms with Crippen LogP contribution in [0.25, 0.3) is 0 Å². The number of nitrogens with one attached hydrogen (secondary N) is 1. The highest BCUT2D eigenvalue weighted by Crippen LogP contribution is 2.43. The van der Waals surface area contributed by atoms with Gasteiger partial charge in [0, 0.05) is 18.1 Å². The van der Waals surface area contributed by atoms with Crippen LogP contribution in [0.5, 0.6) is 0 Å². The average Bonchev–Trinajstić information content (AvgIpc) is 3.09. The molecule has 2 heteroatoms. The van der Waals surface area contributed by atoms with Crippen LogP contribution in [0.1, 0.15) is 59.8 Å². The van der Waals surface area contributed by atoms with Gasteiger partial charge in [-0.05, 0) is 37.6 Å². The van der Waals surface area contributed by atoms with E-state index in [1.807, 2.05) is 0 Å². The van der Waals surface area contributed by atoms with Gasteiger partial charge >= 0.3 is 0 Å². The monoisotopic (exact) mass is 253 g/mol. The van der Waals surface area contributed by atoms with Crippen molar-refractivity contribution in [1.82, 2.24) is 5.32 Å². The number of hydrogen-bond acceptors (Lipinski definition) is 2. The molecular weight excluding hydrogens is 222 g/mol. The van der Waals surface area contributed by atoms with Gasteiger partial charge in [-0.2, -0.15) is 0 Å². The molecule has 2 rings (SSSR count). The van der Waals surface area contributed by atoms with E-state index in [1.54, 1.807) is 0 Å². The lowest BCUT2D eigenvalue weighted by molar-refractivity contribution is -0.123. The first-order valence-corrected chi connectivity index (χ1v) is 7.85. The first kappa shape index (κ1) is 14.3. The molecule has 2 nitrogen and oxygen atoms in total. The molecule has 0 bridgehead atoms. The van der Waals surface area contributed by atoms with Gasteiger partial charge in [0.15, 0.2) is 0 Å². The maximum atomic E-state index is 6.00. The molecule has 0 aliphatic heterocycles. The lowest BCUT2D eigenvalue weighted by Gasteiger charge is -2.52. The van der Waals surface area contributed by atoms with E-state index >= 15 is 0 Å². The van der Waals surface area contributed by atoms with Crippen LogP contribution in [0.4, 0.5) is 0 Å². The molecule has 0 aromatic rings. The Labute approximate surface area is 113 Å². The fraction of sp³-hybridized carbons (Fsp3) is 1.00. The van der Waals surface area contributed by atoms with E-state index in [1.165, 1.54) is 38.6 Å². The summed E-state index contributed by atoms with van der Waals surface area (Å²) >= 11 is 0. The van der Waals surface area contributed by atoms with Crippen LogP contribution in [0, 0.1) is 17.3 Å². The summed E-state index contributed by atoms with van der Waals surface area (Å²) in [6, 6.07) is 0.661. The molecule has 2 aliphatic carbocycles. The van der Waals surface area contributed by atoms with E-state index in [-0.39, 0.29) is 0 Å². The van der Waals surface area contributed by atoms with Gasteiger partial charge in [-0.1, -0.05) is 40.5 Å². The standard InChI is InChI=1S/C16H31NO/c1-12(2)11-18-15-10-14(16(15,3)4)17-9-5-6-13-7-8-13/h12-15,17H,5-11H2,1-4H3. The zero-order valence-corrected chi connectivity index (χ0v) is 12.7. The molecule has 0 heterocycles. The summed E-state index contributed by atoms with van der Waals surface area (Å²) in [5, 5.41) is 3.73. The van der Waals surface area contributed by atoms with E-state index in [0.29, 0.717) is 23.5 Å². The summed E-state index contributed by atoms with van der Waals surface area (Å²) in [6.45, 7) is 11.2. The smallest absolute Gasteiger partial charge is 0.0656 e. The Balaban J connectivity index is 1.59. The van der Waals surface area contributed by atoms with E-state index in [0.717, 1.165) is 12.5 Å². The Morgan fingerprint density at radius 3 is 2.56 bits per heavy atom. The second-order valence-electron chi connectivity index (χ2n) is 7.37. The molecule has 106 valence electrons. The van der Waals surface area contributed by atoms with Gasteiger partial charge in [0.2, 0.25) is 0 Å². The van der Waals surface area contributed by atoms with Gasteiger partial charge in [-0.25, -0.2) is 0 Å². The largest absolute Gasteiger partial charge is 0.377 e. The Morgan fingerprint density at radius 2 is 2.00 bits per heavy atom. The predicted octanol–water partition coefficient (Wildman–Crippen LogP) is 3.61. The predicted molar refractivity (Wildman–Crippen MR) is 76.7 cm³/mol. The zero-order chi connectivity index (χ0) is 13.2. The van der Waals surface area contributed by atoms with Gasteiger partial charge in [-0.15, -0.1) is 0 Å². The first-order chi connectivity index (χ1) is 8.50. The summed E-state index contributed by atoms with van der Waals surface area (Å²) in [6.07, 6.45) is 7.42. The van der Waals surface area contributed by atoms with Crippen molar-refractivity contribution in [3.05, 3.63) is 0 Å². The summed E-state index contributed by atoms with van der Waals surface area (Å²) in [5.74, 6) is 1.72. The third-order valence-electron chi connectivity index (χ3n) is 4.69. The minimum Gasteiger partial charge on any atom is -0.377 e. The summed E-state index contributed by atoms with van der Waals surface area (Å²) < 4.78 is 6.00. The minimum absolute atomic E-state index is 0.314. The second-order valence-corrected chi connectivity index (χ2v) is 7.37. The zero-order valence-electron chi connectivity index (χ0n) is 12.7. The highest BCUT2D eigenvalue weighted by Gasteiger charge is 2.48. The van der Waals surface area contributed by atoms with Gasteiger partial charge in [-0.3, -0.25) is 0 Å². The third kappa shape index (κ3) is 3.71. The van der Waals surface area contributed by atoms with Crippen molar-refractivity contribution in [3.63, 3.8) is 0 Å². The number of rotatable bonds is 8. The Kier molecular flexibility index (Phi) is 4.71. The van der Waals surface area contributed by atoms with Gasteiger partial charge in [0.1, 0.15) is 0 Å². The number of hydrogen-bond donors (Lipinski definition) is 1. The van der Waals surface area contributed by atoms with E-state index in [4.69, 9.17) is 4.74 Å². The highest BCUT2D eigenvalue weighted by molar-refractivity contribution is 5.02. The van der Waals surface area contributed by atoms with Crippen molar-refractivity contribution in [1.29, 1.82) is 0 Å². The average molecular weight is 253 g/mol. The molecule has 1 N–H and O–H groups in total. The lowest BCUT2D eigenvalue weighted by Crippen LogP contribution is -2.61. The maximum Gasteiger partial charge on any atom is 0.0656 e. The molecule has 2 unspecified atom stereocenters. The Hall–Kier alpha value is -0.0800. The molecule has 0 radical (unpaired) electrons. The van der Waals surface area contributed by atoms with Crippen molar-refractivity contribution in [2.24, 2.45) is 17.3 Å². The lowest BCUT2D eigenvalue weighted by atomic mass is 9.64. The second kappa shape index (κ2) is 5.92. The molecule has 2 atom stereocenters. The number of ether oxygens (including phenoxy) is 1. The summed E-state index contributed by atoms with van der Waals surface area (Å²) in [7, 11) is 0. The molecule has 0 saturated heterocycles. The normalized spacial score (nSPS) is 30.5. The van der Waals surface area contributed by atoms with Crippen LogP contribution in [0.2, 0.25) is 0 Å².